The van der Waals surface area contributed by atoms with Crippen molar-refractivity contribution in [2.75, 3.05) is 0 Å². The van der Waals surface area contributed by atoms with Gasteiger partial charge in [-0.3, -0.25) is 4.79 Å². The average molecular weight is 603 g/mol. The summed E-state index contributed by atoms with van der Waals surface area (Å²) in [4.78, 5) is 29.9. The van der Waals surface area contributed by atoms with Crippen molar-refractivity contribution in [1.29, 1.82) is 0 Å². The molecule has 0 saturated carbocycles. The number of hydrogen-bond donors (Lipinski definition) is 2. The predicted octanol–water partition coefficient (Wildman–Crippen LogP) is 10.5. The van der Waals surface area contributed by atoms with Gasteiger partial charge in [0.05, 0.1) is 33.9 Å². The molecule has 0 atom stereocenters. The number of nitrogens with one attached hydrogen (secondary N) is 2. The zero-order valence-electron chi connectivity index (χ0n) is 26.4. The zero-order chi connectivity index (χ0) is 31.5. The van der Waals surface area contributed by atoms with E-state index in [1.165, 1.54) is 36.8 Å². The number of nitrogens with zero attached hydrogens (tertiary/aromatic N) is 2. The molecule has 2 aliphatic rings. The van der Waals surface area contributed by atoms with Crippen LogP contribution in [0.1, 0.15) is 83.8 Å². The fourth-order valence-corrected chi connectivity index (χ4v) is 6.33. The summed E-state index contributed by atoms with van der Waals surface area (Å²) in [6, 6.07) is 27.8. The molecule has 5 heterocycles. The molecule has 0 unspecified atom stereocenters. The molecule has 0 saturated heterocycles. The summed E-state index contributed by atoms with van der Waals surface area (Å²) in [6.45, 7) is 4.44. The number of aromatic amines is 2. The number of carbonyl (C=O) groups is 1. The highest BCUT2D eigenvalue weighted by atomic mass is 16.1. The number of aldehydes is 1. The lowest BCUT2D eigenvalue weighted by molar-refractivity contribution is 0.112. The van der Waals surface area contributed by atoms with E-state index in [0.29, 0.717) is 11.3 Å². The molecular weight excluding hydrogens is 564 g/mol. The van der Waals surface area contributed by atoms with Crippen LogP contribution in [0, 0.1) is 0 Å². The minimum absolute atomic E-state index is 0.518. The van der Waals surface area contributed by atoms with Crippen molar-refractivity contribution < 1.29 is 4.79 Å². The van der Waals surface area contributed by atoms with Gasteiger partial charge >= 0.3 is 0 Å². The van der Waals surface area contributed by atoms with Crippen molar-refractivity contribution in [3.63, 3.8) is 0 Å². The Hall–Kier alpha value is -5.29. The van der Waals surface area contributed by atoms with Crippen LogP contribution in [0.3, 0.4) is 0 Å². The molecule has 0 spiro atoms. The first-order valence-electron chi connectivity index (χ1n) is 16.4. The van der Waals surface area contributed by atoms with Crippen molar-refractivity contribution in [3.8, 4) is 22.3 Å². The first-order chi connectivity index (χ1) is 22.6. The molecule has 7 rings (SSSR count). The van der Waals surface area contributed by atoms with Gasteiger partial charge in [-0.2, -0.15) is 0 Å². The lowest BCUT2D eigenvalue weighted by atomic mass is 10.0. The number of aryl methyl sites for hydroxylation is 2. The van der Waals surface area contributed by atoms with Crippen molar-refractivity contribution in [2.24, 2.45) is 0 Å². The minimum Gasteiger partial charge on any atom is -0.355 e. The summed E-state index contributed by atoms with van der Waals surface area (Å²) in [5, 5.41) is 0. The van der Waals surface area contributed by atoms with Crippen LogP contribution in [0.2, 0.25) is 0 Å². The minimum atomic E-state index is 0.518. The number of carbonyl (C=O) groups excluding carboxylic acids is 1. The summed E-state index contributed by atoms with van der Waals surface area (Å²) >= 11 is 0. The van der Waals surface area contributed by atoms with Crippen molar-refractivity contribution in [2.45, 2.75) is 52.4 Å². The van der Waals surface area contributed by atoms with Gasteiger partial charge in [-0.1, -0.05) is 75.2 Å². The zero-order valence-corrected chi connectivity index (χ0v) is 26.4. The highest BCUT2D eigenvalue weighted by Crippen LogP contribution is 2.33. The Balaban J connectivity index is 1.47. The molecule has 2 aliphatic heterocycles. The smallest absolute Gasteiger partial charge is 0.154 e. The Labute approximate surface area is 269 Å². The van der Waals surface area contributed by atoms with Crippen molar-refractivity contribution >= 4 is 52.7 Å². The third kappa shape index (κ3) is 5.89. The predicted molar refractivity (Wildman–Crippen MR) is 192 cm³/mol. The first-order valence-corrected chi connectivity index (χ1v) is 16.4. The van der Waals surface area contributed by atoms with Gasteiger partial charge in [0.25, 0.3) is 0 Å². The van der Waals surface area contributed by atoms with Crippen molar-refractivity contribution in [3.05, 3.63) is 118 Å². The van der Waals surface area contributed by atoms with E-state index in [4.69, 9.17) is 9.97 Å². The largest absolute Gasteiger partial charge is 0.355 e. The van der Waals surface area contributed by atoms with Crippen LogP contribution >= 0.6 is 0 Å². The van der Waals surface area contributed by atoms with E-state index in [-0.39, 0.29) is 0 Å². The van der Waals surface area contributed by atoms with Gasteiger partial charge < -0.3 is 9.97 Å². The third-order valence-electron chi connectivity index (χ3n) is 8.86. The Morgan fingerprint density at radius 1 is 0.587 bits per heavy atom. The number of aromatic nitrogens is 4. The molecule has 0 radical (unpaired) electrons. The summed E-state index contributed by atoms with van der Waals surface area (Å²) in [7, 11) is 0. The highest BCUT2D eigenvalue weighted by Gasteiger charge is 2.16. The molecule has 2 aromatic carbocycles. The standard InChI is InChI=1S/C41H38N4O/c1-3-5-7-27-9-13-29(14-10-27)40-36-19-17-31(42-36)25-32-18-20-37(43-32)41(30-15-11-28(12-16-30)8-6-4-2)39-24-22-35(45-39)33(26-46)34-21-23-38(40)44-34/h9-26,42,45H,3-8H2,1-2H3. The molecule has 5 aromatic rings. The molecule has 0 aliphatic carbocycles. The van der Waals surface area contributed by atoms with E-state index < -0.39 is 0 Å². The van der Waals surface area contributed by atoms with Crippen LogP contribution in [0.4, 0.5) is 0 Å². The monoisotopic (exact) mass is 602 g/mol. The van der Waals surface area contributed by atoms with Crippen LogP contribution in [0.25, 0.3) is 68.6 Å². The van der Waals surface area contributed by atoms with Gasteiger partial charge in [-0.25, -0.2) is 9.97 Å². The fourth-order valence-electron chi connectivity index (χ4n) is 6.33. The number of unbranched alkanes of at least 4 members (excludes halogenated alkanes) is 2. The average Bonchev–Trinajstić information content (AvgIpc) is 3.91. The lowest BCUT2D eigenvalue weighted by Gasteiger charge is -2.06. The quantitative estimate of drug-likeness (QED) is 0.161. The van der Waals surface area contributed by atoms with Gasteiger partial charge in [0.1, 0.15) is 0 Å². The molecule has 228 valence electrons. The van der Waals surface area contributed by atoms with Gasteiger partial charge in [0.15, 0.2) is 6.29 Å². The Kier molecular flexibility index (Phi) is 8.30. The first kappa shape index (κ1) is 29.4. The van der Waals surface area contributed by atoms with Gasteiger partial charge in [-0.05, 0) is 103 Å². The second-order valence-corrected chi connectivity index (χ2v) is 12.1. The van der Waals surface area contributed by atoms with Crippen LogP contribution < -0.4 is 0 Å². The Bertz CT molecular complexity index is 2080. The van der Waals surface area contributed by atoms with E-state index in [9.17, 15) is 4.79 Å². The molecule has 46 heavy (non-hydrogen) atoms. The van der Waals surface area contributed by atoms with Crippen molar-refractivity contribution in [1.82, 2.24) is 19.9 Å². The second-order valence-electron chi connectivity index (χ2n) is 12.1. The van der Waals surface area contributed by atoms with E-state index in [1.54, 1.807) is 0 Å². The van der Waals surface area contributed by atoms with Crippen LogP contribution in [-0.2, 0) is 12.8 Å². The molecule has 2 N–H and O–H groups in total. The number of H-pyrrole nitrogens is 2. The Morgan fingerprint density at radius 2 is 1.13 bits per heavy atom. The number of benzene rings is 2. The Morgan fingerprint density at radius 3 is 1.76 bits per heavy atom. The molecule has 0 amide bonds. The summed E-state index contributed by atoms with van der Waals surface area (Å²) < 4.78 is 0. The molecular formula is C41H38N4O. The third-order valence-corrected chi connectivity index (χ3v) is 8.86. The summed E-state index contributed by atoms with van der Waals surface area (Å²) in [5.74, 6) is 0. The molecule has 8 bridgehead atoms. The van der Waals surface area contributed by atoms with Gasteiger partial charge in [0.2, 0.25) is 0 Å². The summed E-state index contributed by atoms with van der Waals surface area (Å²) in [6.07, 6.45) is 15.8. The highest BCUT2D eigenvalue weighted by molar-refractivity contribution is 5.98. The molecule has 5 nitrogen and oxygen atoms in total. The second kappa shape index (κ2) is 13.0. The number of fused-ring (bicyclic) bond motifs is 8. The van der Waals surface area contributed by atoms with Crippen LogP contribution in [0.5, 0.6) is 0 Å². The van der Waals surface area contributed by atoms with E-state index in [1.807, 2.05) is 24.3 Å². The van der Waals surface area contributed by atoms with Gasteiger partial charge in [-0.15, -0.1) is 0 Å². The normalized spacial score (nSPS) is 12.1. The van der Waals surface area contributed by atoms with E-state index >= 15 is 0 Å². The van der Waals surface area contributed by atoms with Crippen LogP contribution in [-0.4, -0.2) is 26.2 Å². The molecule has 3 aromatic heterocycles. The maximum Gasteiger partial charge on any atom is 0.154 e. The molecule has 5 heteroatoms. The fraction of sp³-hybridized carbons (Fsp3) is 0.195. The van der Waals surface area contributed by atoms with Crippen LogP contribution in [0.15, 0.2) is 78.9 Å². The number of rotatable bonds is 9. The topological polar surface area (TPSA) is 74.4 Å². The molecule has 0 fully saturated rings. The maximum absolute atomic E-state index is 12.6. The van der Waals surface area contributed by atoms with E-state index in [2.05, 4.69) is 103 Å². The number of hydrogen-bond acceptors (Lipinski definition) is 3. The maximum atomic E-state index is 12.6. The van der Waals surface area contributed by atoms with E-state index in [0.717, 1.165) is 80.5 Å². The SMILES string of the molecule is CCCCc1ccc(-c2c3nc(c(C=O)c4ccc([nH]4)c(-c4ccc(CCCC)cc4)c4nc(cc5ccc2[nH]5)C=C4)C=C3)cc1. The lowest BCUT2D eigenvalue weighted by Crippen LogP contribution is -1.90. The summed E-state index contributed by atoms with van der Waals surface area (Å²) in [5.41, 5.74) is 14.0. The van der Waals surface area contributed by atoms with Gasteiger partial charge in [0, 0.05) is 27.7 Å².